The molecule has 170 valence electrons. The van der Waals surface area contributed by atoms with Crippen molar-refractivity contribution in [2.45, 2.75) is 26.8 Å². The quantitative estimate of drug-likeness (QED) is 0.390. The predicted molar refractivity (Wildman–Crippen MR) is 133 cm³/mol. The van der Waals surface area contributed by atoms with Crippen LogP contribution in [0.5, 0.6) is 5.75 Å². The molecule has 0 spiro atoms. The molecule has 4 heterocycles. The number of aromatic nitrogens is 4. The van der Waals surface area contributed by atoms with Crippen molar-refractivity contribution in [3.8, 4) is 16.9 Å². The van der Waals surface area contributed by atoms with Gasteiger partial charge in [-0.1, -0.05) is 0 Å². The Hall–Kier alpha value is -4.33. The van der Waals surface area contributed by atoms with Crippen molar-refractivity contribution in [1.29, 1.82) is 0 Å². The Morgan fingerprint density at radius 3 is 2.65 bits per heavy atom. The standard InChI is InChI=1S/C26H22N4O4/c1-12(2)30-25-18(11-27-30)21(17-9-14-5-6-15(33-4)10-19(14)28-26(17)32)24-22(29-25)16-7-8-20(31)13(3)23(16)34-24/h5-12,27H,1-4H3,(H,28,32). The van der Waals surface area contributed by atoms with Gasteiger partial charge in [0, 0.05) is 40.2 Å². The van der Waals surface area contributed by atoms with E-state index in [1.807, 2.05) is 29.1 Å². The second-order valence-electron chi connectivity index (χ2n) is 8.77. The number of hydrogen-bond acceptors (Lipinski definition) is 5. The predicted octanol–water partition coefficient (Wildman–Crippen LogP) is 5.03. The maximum atomic E-state index is 13.4. The molecule has 2 aromatic carbocycles. The van der Waals surface area contributed by atoms with Gasteiger partial charge in [-0.05, 0) is 56.5 Å². The van der Waals surface area contributed by atoms with Gasteiger partial charge in [0.25, 0.3) is 5.56 Å². The van der Waals surface area contributed by atoms with Crippen LogP contribution in [0.25, 0.3) is 55.1 Å². The Bertz CT molecular complexity index is 1890. The minimum absolute atomic E-state index is 0.102. The number of ether oxygens (including phenoxy) is 1. The van der Waals surface area contributed by atoms with Gasteiger partial charge in [-0.2, -0.15) is 0 Å². The fourth-order valence-electron chi connectivity index (χ4n) is 4.61. The van der Waals surface area contributed by atoms with Crippen LogP contribution >= 0.6 is 0 Å². The summed E-state index contributed by atoms with van der Waals surface area (Å²) >= 11 is 0. The molecule has 0 saturated heterocycles. The molecule has 4 aromatic heterocycles. The molecule has 8 heteroatoms. The van der Waals surface area contributed by atoms with E-state index in [1.165, 1.54) is 6.07 Å². The second-order valence-corrected chi connectivity index (χ2v) is 8.77. The zero-order valence-corrected chi connectivity index (χ0v) is 19.1. The SMILES string of the molecule is COc1ccc2cc(-c3c4c[nH]n(C(C)C)c4nc4c3oc3c(C)c(=O)ccc34)c(=O)[nH]c2c1. The number of rotatable bonds is 3. The van der Waals surface area contributed by atoms with E-state index >= 15 is 0 Å². The first-order valence-electron chi connectivity index (χ1n) is 11.0. The molecule has 0 aliphatic rings. The largest absolute Gasteiger partial charge is 0.497 e. The van der Waals surface area contributed by atoms with Crippen LogP contribution < -0.4 is 15.7 Å². The molecular formula is C26H22N4O4. The summed E-state index contributed by atoms with van der Waals surface area (Å²) in [5, 5.41) is 5.63. The first kappa shape index (κ1) is 20.3. The van der Waals surface area contributed by atoms with Gasteiger partial charge in [0.05, 0.1) is 18.2 Å². The van der Waals surface area contributed by atoms with Gasteiger partial charge < -0.3 is 19.2 Å². The van der Waals surface area contributed by atoms with Crippen LogP contribution in [0.15, 0.2) is 56.6 Å². The third kappa shape index (κ3) is 2.75. The van der Waals surface area contributed by atoms with E-state index in [0.29, 0.717) is 50.3 Å². The zero-order chi connectivity index (χ0) is 23.7. The number of benzene rings is 2. The van der Waals surface area contributed by atoms with E-state index < -0.39 is 0 Å². The number of fused-ring (bicyclic) bond motifs is 5. The number of aryl methyl sites for hydroxylation is 1. The van der Waals surface area contributed by atoms with Crippen LogP contribution in [0.4, 0.5) is 0 Å². The Labute approximate surface area is 192 Å². The van der Waals surface area contributed by atoms with Crippen molar-refractivity contribution < 1.29 is 9.15 Å². The molecule has 0 amide bonds. The molecule has 0 unspecified atom stereocenters. The molecule has 8 nitrogen and oxygen atoms in total. The summed E-state index contributed by atoms with van der Waals surface area (Å²) in [6.45, 7) is 5.85. The number of furan rings is 1. The average molecular weight is 454 g/mol. The van der Waals surface area contributed by atoms with Crippen molar-refractivity contribution >= 4 is 44.0 Å². The normalized spacial score (nSPS) is 12.0. The van der Waals surface area contributed by atoms with E-state index in [4.69, 9.17) is 14.1 Å². The van der Waals surface area contributed by atoms with Crippen molar-refractivity contribution in [2.24, 2.45) is 0 Å². The minimum atomic E-state index is -0.256. The van der Waals surface area contributed by atoms with Crippen molar-refractivity contribution in [3.63, 3.8) is 0 Å². The first-order chi connectivity index (χ1) is 16.4. The van der Waals surface area contributed by atoms with Gasteiger partial charge in [0.2, 0.25) is 0 Å². The van der Waals surface area contributed by atoms with E-state index in [2.05, 4.69) is 23.9 Å². The third-order valence-electron chi connectivity index (χ3n) is 6.40. The summed E-state index contributed by atoms with van der Waals surface area (Å²) in [5.41, 5.74) is 4.23. The third-order valence-corrected chi connectivity index (χ3v) is 6.40. The summed E-state index contributed by atoms with van der Waals surface area (Å²) in [5.74, 6) is 0.661. The summed E-state index contributed by atoms with van der Waals surface area (Å²) in [4.78, 5) is 33.6. The fourth-order valence-corrected chi connectivity index (χ4v) is 4.61. The topological polar surface area (TPSA) is 106 Å². The van der Waals surface area contributed by atoms with Gasteiger partial charge in [-0.15, -0.1) is 0 Å². The van der Waals surface area contributed by atoms with Gasteiger partial charge in [-0.25, -0.2) is 4.98 Å². The molecule has 2 N–H and O–H groups in total. The summed E-state index contributed by atoms with van der Waals surface area (Å²) in [6, 6.07) is 10.8. The number of nitrogens with zero attached hydrogens (tertiary/aromatic N) is 2. The molecule has 0 atom stereocenters. The van der Waals surface area contributed by atoms with E-state index in [-0.39, 0.29) is 17.0 Å². The van der Waals surface area contributed by atoms with Crippen LogP contribution in [0, 0.1) is 6.92 Å². The maximum absolute atomic E-state index is 13.4. The molecule has 0 saturated carbocycles. The average Bonchev–Trinajstić information content (AvgIpc) is 3.41. The van der Waals surface area contributed by atoms with Crippen LogP contribution in [-0.4, -0.2) is 26.9 Å². The van der Waals surface area contributed by atoms with E-state index in [1.54, 1.807) is 26.2 Å². The number of pyridine rings is 2. The molecule has 6 rings (SSSR count). The number of aromatic amines is 2. The number of methoxy groups -OCH3 is 1. The Kier molecular flexibility index (Phi) is 4.23. The van der Waals surface area contributed by atoms with Crippen molar-refractivity contribution in [1.82, 2.24) is 19.7 Å². The molecule has 34 heavy (non-hydrogen) atoms. The Morgan fingerprint density at radius 2 is 1.88 bits per heavy atom. The van der Waals surface area contributed by atoms with Crippen LogP contribution in [0.1, 0.15) is 25.5 Å². The minimum Gasteiger partial charge on any atom is -0.497 e. The lowest BCUT2D eigenvalue weighted by Crippen LogP contribution is -2.09. The summed E-state index contributed by atoms with van der Waals surface area (Å²) in [7, 11) is 1.59. The fraction of sp³-hybridized carbons (Fsp3) is 0.192. The molecule has 6 aromatic rings. The van der Waals surface area contributed by atoms with Crippen molar-refractivity contribution in [3.05, 3.63) is 68.7 Å². The van der Waals surface area contributed by atoms with Crippen LogP contribution in [0.3, 0.4) is 0 Å². The molecule has 0 radical (unpaired) electrons. The number of H-pyrrole nitrogens is 2. The lowest BCUT2D eigenvalue weighted by molar-refractivity contribution is 0.415. The maximum Gasteiger partial charge on any atom is 0.256 e. The highest BCUT2D eigenvalue weighted by molar-refractivity contribution is 6.15. The van der Waals surface area contributed by atoms with Crippen LogP contribution in [0.2, 0.25) is 0 Å². The number of nitrogens with one attached hydrogen (secondary N) is 2. The monoisotopic (exact) mass is 454 g/mol. The van der Waals surface area contributed by atoms with Gasteiger partial charge >= 0.3 is 0 Å². The molecule has 0 fully saturated rings. The lowest BCUT2D eigenvalue weighted by atomic mass is 10.0. The Balaban J connectivity index is 1.80. The van der Waals surface area contributed by atoms with Gasteiger partial charge in [-0.3, -0.25) is 14.3 Å². The van der Waals surface area contributed by atoms with Crippen molar-refractivity contribution in [2.75, 3.05) is 7.11 Å². The lowest BCUT2D eigenvalue weighted by Gasteiger charge is -2.10. The Morgan fingerprint density at radius 1 is 1.06 bits per heavy atom. The highest BCUT2D eigenvalue weighted by Crippen LogP contribution is 2.39. The van der Waals surface area contributed by atoms with Gasteiger partial charge in [0.1, 0.15) is 16.8 Å². The molecule has 0 aliphatic heterocycles. The summed E-state index contributed by atoms with van der Waals surface area (Å²) < 4.78 is 13.5. The smallest absolute Gasteiger partial charge is 0.256 e. The highest BCUT2D eigenvalue weighted by atomic mass is 16.5. The molecular weight excluding hydrogens is 432 g/mol. The zero-order valence-electron chi connectivity index (χ0n) is 19.1. The van der Waals surface area contributed by atoms with Crippen LogP contribution in [-0.2, 0) is 0 Å². The highest BCUT2D eigenvalue weighted by Gasteiger charge is 2.23. The van der Waals surface area contributed by atoms with E-state index in [9.17, 15) is 9.59 Å². The second kappa shape index (κ2) is 7.08. The first-order valence-corrected chi connectivity index (χ1v) is 11.0. The molecule has 0 bridgehead atoms. The number of hydrogen-bond donors (Lipinski definition) is 2. The van der Waals surface area contributed by atoms with Gasteiger partial charge in [0.15, 0.2) is 16.7 Å². The summed E-state index contributed by atoms with van der Waals surface area (Å²) in [6.07, 6.45) is 1.84. The molecule has 0 aliphatic carbocycles. The van der Waals surface area contributed by atoms with E-state index in [0.717, 1.165) is 16.2 Å².